The standard InChI is InChI=1S/C22H20N4O3/c1-13-7-8-26-12-18(23-21(26)9-13)15-5-6-19(28-2)16(10-15)24-22(27)17-11-20(29-25-17)14-3-4-14/h5-12,14H,3-4H2,1-2H3,(H,24,27). The molecule has 29 heavy (non-hydrogen) atoms. The summed E-state index contributed by atoms with van der Waals surface area (Å²) >= 11 is 0. The Labute approximate surface area is 167 Å². The number of aryl methyl sites for hydroxylation is 1. The van der Waals surface area contributed by atoms with Crippen LogP contribution in [0.25, 0.3) is 16.9 Å². The summed E-state index contributed by atoms with van der Waals surface area (Å²) < 4.78 is 12.7. The summed E-state index contributed by atoms with van der Waals surface area (Å²) in [6, 6.07) is 11.4. The van der Waals surface area contributed by atoms with Crippen LogP contribution < -0.4 is 10.1 Å². The second kappa shape index (κ2) is 6.77. The first-order valence-corrected chi connectivity index (χ1v) is 9.52. The Morgan fingerprint density at radius 2 is 2.10 bits per heavy atom. The first-order chi connectivity index (χ1) is 14.1. The molecule has 1 aliphatic rings. The van der Waals surface area contributed by atoms with Gasteiger partial charge in [0, 0.05) is 29.9 Å². The Morgan fingerprint density at radius 3 is 2.90 bits per heavy atom. The fourth-order valence-corrected chi connectivity index (χ4v) is 3.33. The molecule has 146 valence electrons. The van der Waals surface area contributed by atoms with Crippen molar-refractivity contribution >= 4 is 17.2 Å². The molecule has 7 nitrogen and oxygen atoms in total. The molecule has 1 aliphatic carbocycles. The van der Waals surface area contributed by atoms with Crippen LogP contribution in [0.15, 0.2) is 53.3 Å². The lowest BCUT2D eigenvalue weighted by molar-refractivity contribution is 0.101. The molecule has 0 unspecified atom stereocenters. The molecule has 0 aliphatic heterocycles. The zero-order valence-corrected chi connectivity index (χ0v) is 16.2. The van der Waals surface area contributed by atoms with Gasteiger partial charge in [0.2, 0.25) is 0 Å². The van der Waals surface area contributed by atoms with E-state index in [-0.39, 0.29) is 11.6 Å². The van der Waals surface area contributed by atoms with E-state index < -0.39 is 0 Å². The summed E-state index contributed by atoms with van der Waals surface area (Å²) in [7, 11) is 1.57. The van der Waals surface area contributed by atoms with Crippen LogP contribution in [0, 0.1) is 6.92 Å². The predicted molar refractivity (Wildman–Crippen MR) is 108 cm³/mol. The number of amides is 1. The number of fused-ring (bicyclic) bond motifs is 1. The molecule has 3 heterocycles. The van der Waals surface area contributed by atoms with Crippen molar-refractivity contribution in [2.45, 2.75) is 25.7 Å². The number of rotatable bonds is 5. The minimum atomic E-state index is -0.332. The maximum absolute atomic E-state index is 12.7. The number of carbonyl (C=O) groups is 1. The summed E-state index contributed by atoms with van der Waals surface area (Å²) in [4.78, 5) is 17.3. The van der Waals surface area contributed by atoms with Gasteiger partial charge in [-0.1, -0.05) is 5.16 Å². The number of nitrogens with zero attached hydrogens (tertiary/aromatic N) is 3. The number of carbonyl (C=O) groups excluding carboxylic acids is 1. The molecule has 4 aromatic rings. The molecule has 1 N–H and O–H groups in total. The van der Waals surface area contributed by atoms with Crippen LogP contribution in [0.5, 0.6) is 5.75 Å². The zero-order chi connectivity index (χ0) is 20.0. The Hall–Kier alpha value is -3.61. The van der Waals surface area contributed by atoms with E-state index in [2.05, 4.69) is 15.5 Å². The summed E-state index contributed by atoms with van der Waals surface area (Å²) in [5.74, 6) is 1.41. The van der Waals surface area contributed by atoms with Crippen LogP contribution in [0.2, 0.25) is 0 Å². The lowest BCUT2D eigenvalue weighted by Crippen LogP contribution is -2.13. The molecule has 1 fully saturated rings. The van der Waals surface area contributed by atoms with Crippen molar-refractivity contribution in [1.29, 1.82) is 0 Å². The van der Waals surface area contributed by atoms with E-state index in [4.69, 9.17) is 9.26 Å². The minimum absolute atomic E-state index is 0.266. The van der Waals surface area contributed by atoms with Crippen LogP contribution in [-0.4, -0.2) is 27.6 Å². The normalized spacial score (nSPS) is 13.6. The molecule has 7 heteroatoms. The predicted octanol–water partition coefficient (Wildman–Crippen LogP) is 4.44. The van der Waals surface area contributed by atoms with Gasteiger partial charge in [0.1, 0.15) is 17.2 Å². The van der Waals surface area contributed by atoms with Crippen molar-refractivity contribution in [2.24, 2.45) is 0 Å². The number of anilines is 1. The molecule has 1 saturated carbocycles. The number of hydrogen-bond acceptors (Lipinski definition) is 5. The summed E-state index contributed by atoms with van der Waals surface area (Å²) in [5, 5.41) is 6.79. The van der Waals surface area contributed by atoms with Gasteiger partial charge in [-0.3, -0.25) is 4.79 Å². The van der Waals surface area contributed by atoms with E-state index in [0.29, 0.717) is 17.4 Å². The topological polar surface area (TPSA) is 81.7 Å². The lowest BCUT2D eigenvalue weighted by atomic mass is 10.1. The van der Waals surface area contributed by atoms with Gasteiger partial charge in [-0.2, -0.15) is 0 Å². The smallest absolute Gasteiger partial charge is 0.277 e. The molecular formula is C22H20N4O3. The van der Waals surface area contributed by atoms with Crippen LogP contribution in [-0.2, 0) is 0 Å². The van der Waals surface area contributed by atoms with Crippen LogP contribution >= 0.6 is 0 Å². The molecule has 0 spiro atoms. The fraction of sp³-hybridized carbons (Fsp3) is 0.227. The average molecular weight is 388 g/mol. The van der Waals surface area contributed by atoms with E-state index in [1.807, 2.05) is 54.0 Å². The first kappa shape index (κ1) is 17.5. The Kier molecular flexibility index (Phi) is 4.08. The van der Waals surface area contributed by atoms with Crippen molar-refractivity contribution in [2.75, 3.05) is 12.4 Å². The van der Waals surface area contributed by atoms with E-state index in [0.717, 1.165) is 41.1 Å². The number of ether oxygens (including phenoxy) is 1. The Morgan fingerprint density at radius 1 is 1.24 bits per heavy atom. The largest absolute Gasteiger partial charge is 0.495 e. The van der Waals surface area contributed by atoms with E-state index in [1.165, 1.54) is 0 Å². The molecule has 0 saturated heterocycles. The Balaban J connectivity index is 1.45. The maximum Gasteiger partial charge on any atom is 0.277 e. The van der Waals surface area contributed by atoms with Gasteiger partial charge in [-0.25, -0.2) is 4.98 Å². The van der Waals surface area contributed by atoms with Crippen molar-refractivity contribution < 1.29 is 14.1 Å². The molecule has 0 bridgehead atoms. The summed E-state index contributed by atoms with van der Waals surface area (Å²) in [6.07, 6.45) is 6.12. The molecule has 1 amide bonds. The van der Waals surface area contributed by atoms with Gasteiger partial charge >= 0.3 is 0 Å². The zero-order valence-electron chi connectivity index (χ0n) is 16.2. The van der Waals surface area contributed by atoms with Gasteiger partial charge < -0.3 is 19.0 Å². The van der Waals surface area contributed by atoms with E-state index in [9.17, 15) is 4.79 Å². The first-order valence-electron chi connectivity index (χ1n) is 9.52. The van der Waals surface area contributed by atoms with Gasteiger partial charge in [-0.05, 0) is 55.7 Å². The van der Waals surface area contributed by atoms with Crippen LogP contribution in [0.3, 0.4) is 0 Å². The second-order valence-electron chi connectivity index (χ2n) is 7.35. The number of nitrogens with one attached hydrogen (secondary N) is 1. The van der Waals surface area contributed by atoms with Crippen molar-refractivity contribution in [3.8, 4) is 17.0 Å². The van der Waals surface area contributed by atoms with E-state index in [1.54, 1.807) is 13.2 Å². The minimum Gasteiger partial charge on any atom is -0.495 e. The molecule has 3 aromatic heterocycles. The average Bonchev–Trinajstić information content (AvgIpc) is 3.29. The highest BCUT2D eigenvalue weighted by atomic mass is 16.5. The van der Waals surface area contributed by atoms with Gasteiger partial charge in [0.15, 0.2) is 5.69 Å². The second-order valence-corrected chi connectivity index (χ2v) is 7.35. The molecule has 0 atom stereocenters. The molecule has 5 rings (SSSR count). The number of pyridine rings is 1. The quantitative estimate of drug-likeness (QED) is 0.547. The van der Waals surface area contributed by atoms with Gasteiger partial charge in [0.25, 0.3) is 5.91 Å². The number of benzene rings is 1. The summed E-state index contributed by atoms with van der Waals surface area (Å²) in [6.45, 7) is 2.04. The number of aromatic nitrogens is 3. The SMILES string of the molecule is COc1ccc(-c2cn3ccc(C)cc3n2)cc1NC(=O)c1cc(C2CC2)on1. The van der Waals surface area contributed by atoms with Gasteiger partial charge in [-0.15, -0.1) is 0 Å². The van der Waals surface area contributed by atoms with Crippen LogP contribution in [0.1, 0.15) is 40.6 Å². The third-order valence-corrected chi connectivity index (χ3v) is 5.10. The highest BCUT2D eigenvalue weighted by Crippen LogP contribution is 2.40. The van der Waals surface area contributed by atoms with Crippen molar-refractivity contribution in [3.05, 3.63) is 65.8 Å². The maximum atomic E-state index is 12.7. The fourth-order valence-electron chi connectivity index (χ4n) is 3.33. The lowest BCUT2D eigenvalue weighted by Gasteiger charge is -2.10. The van der Waals surface area contributed by atoms with Gasteiger partial charge in [0.05, 0.1) is 18.5 Å². The number of imidazole rings is 1. The summed E-state index contributed by atoms with van der Waals surface area (Å²) in [5.41, 5.74) is 4.53. The third-order valence-electron chi connectivity index (χ3n) is 5.10. The van der Waals surface area contributed by atoms with Crippen molar-refractivity contribution in [1.82, 2.24) is 14.5 Å². The monoisotopic (exact) mass is 388 g/mol. The number of methoxy groups -OCH3 is 1. The molecular weight excluding hydrogens is 368 g/mol. The van der Waals surface area contributed by atoms with E-state index >= 15 is 0 Å². The third kappa shape index (κ3) is 3.35. The number of hydrogen-bond donors (Lipinski definition) is 1. The van der Waals surface area contributed by atoms with Crippen LogP contribution in [0.4, 0.5) is 5.69 Å². The highest BCUT2D eigenvalue weighted by molar-refractivity contribution is 6.04. The molecule has 1 aromatic carbocycles. The highest BCUT2D eigenvalue weighted by Gasteiger charge is 2.29. The Bertz CT molecular complexity index is 1220. The molecule has 0 radical (unpaired) electrons. The van der Waals surface area contributed by atoms with Crippen molar-refractivity contribution in [3.63, 3.8) is 0 Å².